The molecule has 2 nitrogen and oxygen atoms in total. The zero-order valence-corrected chi connectivity index (χ0v) is 11.4. The third-order valence-corrected chi connectivity index (χ3v) is 3.74. The summed E-state index contributed by atoms with van der Waals surface area (Å²) in [5.41, 5.74) is 1.46. The molecule has 16 heavy (non-hydrogen) atoms. The Labute approximate surface area is 103 Å². The van der Waals surface area contributed by atoms with Gasteiger partial charge in [-0.3, -0.25) is 4.90 Å². The largest absolute Gasteiger partial charge is 0.315 e. The summed E-state index contributed by atoms with van der Waals surface area (Å²) >= 11 is 1.89. The third kappa shape index (κ3) is 3.74. The zero-order chi connectivity index (χ0) is 12.0. The number of hydrogen-bond donors (Lipinski definition) is 1. The SMILES string of the molecule is C=CCN(CC)Cc1cc(CNC)sc1C. The van der Waals surface area contributed by atoms with Crippen molar-refractivity contribution in [3.63, 3.8) is 0 Å². The Hall–Kier alpha value is -0.640. The van der Waals surface area contributed by atoms with Crippen LogP contribution in [0.5, 0.6) is 0 Å². The van der Waals surface area contributed by atoms with E-state index in [1.165, 1.54) is 15.3 Å². The molecule has 1 aromatic heterocycles. The molecule has 0 unspecified atom stereocenters. The van der Waals surface area contributed by atoms with E-state index in [0.29, 0.717) is 0 Å². The lowest BCUT2D eigenvalue weighted by Gasteiger charge is -2.17. The van der Waals surface area contributed by atoms with Gasteiger partial charge in [0, 0.05) is 29.4 Å². The maximum absolute atomic E-state index is 3.80. The lowest BCUT2D eigenvalue weighted by atomic mass is 10.2. The first-order valence-corrected chi connectivity index (χ1v) is 6.59. The van der Waals surface area contributed by atoms with Crippen LogP contribution in [0, 0.1) is 6.92 Å². The van der Waals surface area contributed by atoms with E-state index in [1.807, 2.05) is 24.5 Å². The van der Waals surface area contributed by atoms with Crippen molar-refractivity contribution in [3.8, 4) is 0 Å². The molecule has 1 aromatic rings. The van der Waals surface area contributed by atoms with Crippen LogP contribution in [0.2, 0.25) is 0 Å². The summed E-state index contributed by atoms with van der Waals surface area (Å²) in [5, 5.41) is 3.20. The first kappa shape index (κ1) is 13.4. The normalized spacial score (nSPS) is 11.0. The van der Waals surface area contributed by atoms with Crippen molar-refractivity contribution in [1.29, 1.82) is 0 Å². The molecule has 0 aliphatic carbocycles. The molecule has 1 N–H and O–H groups in total. The second kappa shape index (κ2) is 6.84. The molecular weight excluding hydrogens is 216 g/mol. The van der Waals surface area contributed by atoms with Crippen molar-refractivity contribution in [2.45, 2.75) is 26.9 Å². The molecule has 0 atom stereocenters. The summed E-state index contributed by atoms with van der Waals surface area (Å²) in [5.74, 6) is 0. The lowest BCUT2D eigenvalue weighted by molar-refractivity contribution is 0.311. The van der Waals surface area contributed by atoms with Gasteiger partial charge >= 0.3 is 0 Å². The highest BCUT2D eigenvalue weighted by molar-refractivity contribution is 7.12. The molecule has 1 rings (SSSR count). The van der Waals surface area contributed by atoms with Gasteiger partial charge in [-0.05, 0) is 32.1 Å². The number of hydrogen-bond acceptors (Lipinski definition) is 3. The topological polar surface area (TPSA) is 15.3 Å². The van der Waals surface area contributed by atoms with Gasteiger partial charge in [0.15, 0.2) is 0 Å². The predicted octanol–water partition coefficient (Wildman–Crippen LogP) is 2.78. The second-order valence-electron chi connectivity index (χ2n) is 3.94. The standard InChI is InChI=1S/C13H22N2S/c1-5-7-15(6-2)10-12-8-13(9-14-4)16-11(12)3/h5,8,14H,1,6-7,9-10H2,2-4H3. The Morgan fingerprint density at radius 3 is 2.88 bits per heavy atom. The summed E-state index contributed by atoms with van der Waals surface area (Å²) in [4.78, 5) is 5.25. The van der Waals surface area contributed by atoms with Gasteiger partial charge < -0.3 is 5.32 Å². The van der Waals surface area contributed by atoms with Crippen LogP contribution >= 0.6 is 11.3 Å². The monoisotopic (exact) mass is 238 g/mol. The van der Waals surface area contributed by atoms with Gasteiger partial charge in [-0.1, -0.05) is 13.0 Å². The number of nitrogens with one attached hydrogen (secondary N) is 1. The van der Waals surface area contributed by atoms with E-state index in [4.69, 9.17) is 0 Å². The Kier molecular flexibility index (Phi) is 5.74. The summed E-state index contributed by atoms with van der Waals surface area (Å²) in [6.45, 7) is 12.2. The number of rotatable bonds is 7. The molecule has 0 fully saturated rings. The molecule has 0 saturated heterocycles. The van der Waals surface area contributed by atoms with Crippen LogP contribution in [0.4, 0.5) is 0 Å². The van der Waals surface area contributed by atoms with Crippen molar-refractivity contribution in [2.75, 3.05) is 20.1 Å². The average molecular weight is 238 g/mol. The van der Waals surface area contributed by atoms with E-state index < -0.39 is 0 Å². The molecule has 0 bridgehead atoms. The third-order valence-electron chi connectivity index (χ3n) is 2.65. The van der Waals surface area contributed by atoms with E-state index in [9.17, 15) is 0 Å². The van der Waals surface area contributed by atoms with E-state index in [1.54, 1.807) is 0 Å². The molecule has 0 aliphatic rings. The first-order valence-electron chi connectivity index (χ1n) is 5.77. The minimum absolute atomic E-state index is 0.965. The summed E-state index contributed by atoms with van der Waals surface area (Å²) in [7, 11) is 1.99. The van der Waals surface area contributed by atoms with Gasteiger partial charge in [0.05, 0.1) is 0 Å². The molecular formula is C13H22N2S. The number of likely N-dealkylation sites (N-methyl/N-ethyl adjacent to an activating group) is 1. The Balaban J connectivity index is 2.67. The van der Waals surface area contributed by atoms with E-state index in [0.717, 1.165) is 26.2 Å². The summed E-state index contributed by atoms with van der Waals surface area (Å²) in [6, 6.07) is 2.32. The molecule has 3 heteroatoms. The van der Waals surface area contributed by atoms with Crippen LogP contribution in [-0.4, -0.2) is 25.0 Å². The molecule has 0 saturated carbocycles. The molecule has 0 aromatic carbocycles. The molecule has 0 radical (unpaired) electrons. The fourth-order valence-corrected chi connectivity index (χ4v) is 2.80. The van der Waals surface area contributed by atoms with Crippen LogP contribution in [0.3, 0.4) is 0 Å². The number of thiophene rings is 1. The predicted molar refractivity (Wildman–Crippen MR) is 73.0 cm³/mol. The van der Waals surface area contributed by atoms with E-state index in [-0.39, 0.29) is 0 Å². The number of aryl methyl sites for hydroxylation is 1. The number of nitrogens with zero attached hydrogens (tertiary/aromatic N) is 1. The van der Waals surface area contributed by atoms with E-state index in [2.05, 4.69) is 36.7 Å². The second-order valence-corrected chi connectivity index (χ2v) is 5.28. The Morgan fingerprint density at radius 1 is 1.56 bits per heavy atom. The van der Waals surface area contributed by atoms with Crippen LogP contribution in [0.25, 0.3) is 0 Å². The van der Waals surface area contributed by atoms with Crippen molar-refractivity contribution < 1.29 is 0 Å². The highest BCUT2D eigenvalue weighted by atomic mass is 32.1. The van der Waals surface area contributed by atoms with Crippen LogP contribution < -0.4 is 5.32 Å². The van der Waals surface area contributed by atoms with Gasteiger partial charge in [0.2, 0.25) is 0 Å². The fraction of sp³-hybridized carbons (Fsp3) is 0.538. The van der Waals surface area contributed by atoms with Crippen molar-refractivity contribution in [1.82, 2.24) is 10.2 Å². The zero-order valence-electron chi connectivity index (χ0n) is 10.5. The van der Waals surface area contributed by atoms with Crippen molar-refractivity contribution >= 4 is 11.3 Å². The van der Waals surface area contributed by atoms with Crippen LogP contribution in [-0.2, 0) is 13.1 Å². The molecule has 0 amide bonds. The highest BCUT2D eigenvalue weighted by Gasteiger charge is 2.08. The minimum Gasteiger partial charge on any atom is -0.315 e. The fourth-order valence-electron chi connectivity index (χ4n) is 1.73. The van der Waals surface area contributed by atoms with Crippen molar-refractivity contribution in [2.24, 2.45) is 0 Å². The molecule has 1 heterocycles. The van der Waals surface area contributed by atoms with Gasteiger partial charge in [-0.25, -0.2) is 0 Å². The molecule has 90 valence electrons. The maximum atomic E-state index is 3.80. The molecule has 0 spiro atoms. The summed E-state index contributed by atoms with van der Waals surface area (Å²) in [6.07, 6.45) is 1.97. The smallest absolute Gasteiger partial charge is 0.0296 e. The quantitative estimate of drug-likeness (QED) is 0.735. The van der Waals surface area contributed by atoms with Gasteiger partial charge in [0.1, 0.15) is 0 Å². The van der Waals surface area contributed by atoms with Crippen LogP contribution in [0.15, 0.2) is 18.7 Å². The Morgan fingerprint density at radius 2 is 2.31 bits per heavy atom. The first-order chi connectivity index (χ1) is 7.71. The van der Waals surface area contributed by atoms with E-state index >= 15 is 0 Å². The Bertz CT molecular complexity index is 331. The lowest BCUT2D eigenvalue weighted by Crippen LogP contribution is -2.22. The van der Waals surface area contributed by atoms with Gasteiger partial charge in [0.25, 0.3) is 0 Å². The van der Waals surface area contributed by atoms with Crippen molar-refractivity contribution in [3.05, 3.63) is 34.0 Å². The highest BCUT2D eigenvalue weighted by Crippen LogP contribution is 2.22. The molecule has 0 aliphatic heterocycles. The average Bonchev–Trinajstić information content (AvgIpc) is 2.59. The van der Waals surface area contributed by atoms with Crippen LogP contribution in [0.1, 0.15) is 22.2 Å². The van der Waals surface area contributed by atoms with Gasteiger partial charge in [-0.2, -0.15) is 0 Å². The minimum atomic E-state index is 0.965. The van der Waals surface area contributed by atoms with Gasteiger partial charge in [-0.15, -0.1) is 17.9 Å². The maximum Gasteiger partial charge on any atom is 0.0296 e. The summed E-state index contributed by atoms with van der Waals surface area (Å²) < 4.78 is 0.